The Balaban J connectivity index is 1.93. The monoisotopic (exact) mass is 214 g/mol. The van der Waals surface area contributed by atoms with E-state index in [4.69, 9.17) is 5.73 Å². The van der Waals surface area contributed by atoms with Crippen LogP contribution >= 0.6 is 0 Å². The zero-order chi connectivity index (χ0) is 11.0. The molecule has 0 amide bonds. The lowest BCUT2D eigenvalue weighted by atomic mass is 10.2. The summed E-state index contributed by atoms with van der Waals surface area (Å²) in [7, 11) is 0. The maximum atomic E-state index is 5.60. The standard InChI is InChI=1S/C12H14N4/c13-8-9-3-5-14-12(7-9)16-6-4-11(15-16)10-1-2-10/h3-7,10H,1-2,8,13H2. The summed E-state index contributed by atoms with van der Waals surface area (Å²) in [6, 6.07) is 5.98. The molecule has 0 aromatic carbocycles. The van der Waals surface area contributed by atoms with Crippen molar-refractivity contribution in [2.24, 2.45) is 5.73 Å². The maximum Gasteiger partial charge on any atom is 0.153 e. The number of hydrogen-bond donors (Lipinski definition) is 1. The van der Waals surface area contributed by atoms with Crippen LogP contribution in [0.4, 0.5) is 0 Å². The molecule has 0 spiro atoms. The highest BCUT2D eigenvalue weighted by molar-refractivity contribution is 5.28. The van der Waals surface area contributed by atoms with Crippen LogP contribution in [0.5, 0.6) is 0 Å². The minimum atomic E-state index is 0.534. The summed E-state index contributed by atoms with van der Waals surface area (Å²) >= 11 is 0. The van der Waals surface area contributed by atoms with Crippen molar-refractivity contribution in [1.29, 1.82) is 0 Å². The van der Waals surface area contributed by atoms with E-state index in [2.05, 4.69) is 16.1 Å². The van der Waals surface area contributed by atoms with Gasteiger partial charge in [0.05, 0.1) is 5.69 Å². The second-order valence-electron chi connectivity index (χ2n) is 4.19. The molecule has 3 rings (SSSR count). The van der Waals surface area contributed by atoms with E-state index in [1.54, 1.807) is 6.20 Å². The Morgan fingerprint density at radius 1 is 1.38 bits per heavy atom. The molecule has 0 radical (unpaired) electrons. The van der Waals surface area contributed by atoms with Gasteiger partial charge >= 0.3 is 0 Å². The van der Waals surface area contributed by atoms with Gasteiger partial charge in [-0.1, -0.05) is 0 Å². The Labute approximate surface area is 94.1 Å². The first-order chi connectivity index (χ1) is 7.86. The van der Waals surface area contributed by atoms with Gasteiger partial charge in [0, 0.05) is 24.9 Å². The molecule has 0 unspecified atom stereocenters. The smallest absolute Gasteiger partial charge is 0.153 e. The van der Waals surface area contributed by atoms with Crippen LogP contribution in [-0.4, -0.2) is 14.8 Å². The summed E-state index contributed by atoms with van der Waals surface area (Å²) in [6.45, 7) is 0.534. The van der Waals surface area contributed by atoms with Gasteiger partial charge in [0.1, 0.15) is 0 Å². The minimum Gasteiger partial charge on any atom is -0.326 e. The van der Waals surface area contributed by atoms with Crippen molar-refractivity contribution in [3.05, 3.63) is 41.9 Å². The molecule has 2 N–H and O–H groups in total. The first kappa shape index (κ1) is 9.54. The van der Waals surface area contributed by atoms with Crippen molar-refractivity contribution in [3.63, 3.8) is 0 Å². The highest BCUT2D eigenvalue weighted by Gasteiger charge is 2.25. The average molecular weight is 214 g/mol. The van der Waals surface area contributed by atoms with E-state index < -0.39 is 0 Å². The van der Waals surface area contributed by atoms with Gasteiger partial charge in [0.25, 0.3) is 0 Å². The summed E-state index contributed by atoms with van der Waals surface area (Å²) in [5.41, 5.74) is 7.86. The zero-order valence-corrected chi connectivity index (χ0v) is 9.00. The molecule has 1 aliphatic rings. The second kappa shape index (κ2) is 3.72. The predicted octanol–water partition coefficient (Wildman–Crippen LogP) is 1.60. The number of rotatable bonds is 3. The highest BCUT2D eigenvalue weighted by Crippen LogP contribution is 2.38. The summed E-state index contributed by atoms with van der Waals surface area (Å²) < 4.78 is 1.83. The van der Waals surface area contributed by atoms with Gasteiger partial charge in [-0.3, -0.25) is 0 Å². The molecule has 0 aliphatic heterocycles. The van der Waals surface area contributed by atoms with Gasteiger partial charge in [-0.05, 0) is 36.6 Å². The molecule has 2 heterocycles. The van der Waals surface area contributed by atoms with Crippen LogP contribution in [0.3, 0.4) is 0 Å². The van der Waals surface area contributed by atoms with Crippen molar-refractivity contribution in [2.75, 3.05) is 0 Å². The van der Waals surface area contributed by atoms with Gasteiger partial charge in [-0.15, -0.1) is 0 Å². The molecule has 1 saturated carbocycles. The molecular formula is C12H14N4. The van der Waals surface area contributed by atoms with Gasteiger partial charge in [-0.2, -0.15) is 5.10 Å². The van der Waals surface area contributed by atoms with E-state index in [0.717, 1.165) is 11.4 Å². The number of nitrogens with two attached hydrogens (primary N) is 1. The molecule has 0 bridgehead atoms. The van der Waals surface area contributed by atoms with Crippen molar-refractivity contribution >= 4 is 0 Å². The Bertz CT molecular complexity index is 499. The normalized spacial score (nSPS) is 15.3. The van der Waals surface area contributed by atoms with Gasteiger partial charge in [-0.25, -0.2) is 9.67 Å². The average Bonchev–Trinajstić information content (AvgIpc) is 3.07. The third-order valence-corrected chi connectivity index (χ3v) is 2.89. The quantitative estimate of drug-likeness (QED) is 0.844. The van der Waals surface area contributed by atoms with Crippen molar-refractivity contribution < 1.29 is 0 Å². The molecule has 82 valence electrons. The predicted molar refractivity (Wildman–Crippen MR) is 61.2 cm³/mol. The molecule has 0 atom stereocenters. The largest absolute Gasteiger partial charge is 0.326 e. The number of hydrogen-bond acceptors (Lipinski definition) is 3. The Hall–Kier alpha value is -1.68. The van der Waals surface area contributed by atoms with E-state index in [9.17, 15) is 0 Å². The third-order valence-electron chi connectivity index (χ3n) is 2.89. The molecule has 16 heavy (non-hydrogen) atoms. The zero-order valence-electron chi connectivity index (χ0n) is 9.00. The first-order valence-electron chi connectivity index (χ1n) is 5.58. The van der Waals surface area contributed by atoms with Crippen LogP contribution in [0.1, 0.15) is 30.0 Å². The fourth-order valence-corrected chi connectivity index (χ4v) is 1.78. The molecule has 4 nitrogen and oxygen atoms in total. The van der Waals surface area contributed by atoms with E-state index in [1.807, 2.05) is 23.0 Å². The van der Waals surface area contributed by atoms with Crippen molar-refractivity contribution in [3.8, 4) is 5.82 Å². The lowest BCUT2D eigenvalue weighted by Gasteiger charge is -2.02. The molecule has 0 saturated heterocycles. The summed E-state index contributed by atoms with van der Waals surface area (Å²) in [6.07, 6.45) is 6.28. The molecule has 2 aromatic heterocycles. The van der Waals surface area contributed by atoms with Gasteiger partial charge < -0.3 is 5.73 Å². The number of aromatic nitrogens is 3. The van der Waals surface area contributed by atoms with Crippen LogP contribution in [0.2, 0.25) is 0 Å². The molecule has 1 fully saturated rings. The fraction of sp³-hybridized carbons (Fsp3) is 0.333. The van der Waals surface area contributed by atoms with E-state index in [-0.39, 0.29) is 0 Å². The highest BCUT2D eigenvalue weighted by atomic mass is 15.3. The van der Waals surface area contributed by atoms with Crippen LogP contribution in [-0.2, 0) is 6.54 Å². The summed E-state index contributed by atoms with van der Waals surface area (Å²) in [4.78, 5) is 4.30. The topological polar surface area (TPSA) is 56.7 Å². The van der Waals surface area contributed by atoms with Crippen molar-refractivity contribution in [1.82, 2.24) is 14.8 Å². The van der Waals surface area contributed by atoms with E-state index >= 15 is 0 Å². The van der Waals surface area contributed by atoms with Crippen LogP contribution in [0.25, 0.3) is 5.82 Å². The molecule has 4 heteroatoms. The first-order valence-corrected chi connectivity index (χ1v) is 5.58. The molecule has 1 aliphatic carbocycles. The fourth-order valence-electron chi connectivity index (χ4n) is 1.78. The van der Waals surface area contributed by atoms with Gasteiger partial charge in [0.15, 0.2) is 5.82 Å². The lowest BCUT2D eigenvalue weighted by Crippen LogP contribution is -2.02. The van der Waals surface area contributed by atoms with Crippen LogP contribution in [0.15, 0.2) is 30.6 Å². The number of nitrogens with zero attached hydrogens (tertiary/aromatic N) is 3. The Morgan fingerprint density at radius 2 is 2.25 bits per heavy atom. The maximum absolute atomic E-state index is 5.60. The van der Waals surface area contributed by atoms with E-state index in [1.165, 1.54) is 18.5 Å². The Kier molecular flexibility index (Phi) is 2.22. The third kappa shape index (κ3) is 1.72. The SMILES string of the molecule is NCc1ccnc(-n2ccc(C3CC3)n2)c1. The van der Waals surface area contributed by atoms with Crippen LogP contribution < -0.4 is 5.73 Å². The Morgan fingerprint density at radius 3 is 3.00 bits per heavy atom. The minimum absolute atomic E-state index is 0.534. The summed E-state index contributed by atoms with van der Waals surface area (Å²) in [5.74, 6) is 1.52. The van der Waals surface area contributed by atoms with Crippen LogP contribution in [0, 0.1) is 0 Å². The number of pyridine rings is 1. The molecule has 2 aromatic rings. The van der Waals surface area contributed by atoms with E-state index in [0.29, 0.717) is 12.5 Å². The molecular weight excluding hydrogens is 200 g/mol. The lowest BCUT2D eigenvalue weighted by molar-refractivity contribution is 0.809. The van der Waals surface area contributed by atoms with Crippen molar-refractivity contribution in [2.45, 2.75) is 25.3 Å². The second-order valence-corrected chi connectivity index (χ2v) is 4.19. The van der Waals surface area contributed by atoms with Gasteiger partial charge in [0.2, 0.25) is 0 Å². The summed E-state index contributed by atoms with van der Waals surface area (Å²) in [5, 5.41) is 4.53.